The molecule has 2 aromatic carbocycles. The monoisotopic (exact) mass is 620 g/mol. The minimum Gasteiger partial charge on any atom is -0.506 e. The van der Waals surface area contributed by atoms with Crippen molar-refractivity contribution in [1.82, 2.24) is 14.8 Å². The van der Waals surface area contributed by atoms with Crippen LogP contribution in [0.15, 0.2) is 60.9 Å². The third kappa shape index (κ3) is 6.13. The lowest BCUT2D eigenvalue weighted by molar-refractivity contribution is -0.0629. The highest BCUT2D eigenvalue weighted by Gasteiger charge is 2.51. The minimum absolute atomic E-state index is 0.0168. The molecule has 1 aliphatic heterocycles. The molecular weight excluding hydrogens is 572 g/mol. The second-order valence-corrected chi connectivity index (χ2v) is 15.9. The minimum atomic E-state index is -0.148. The summed E-state index contributed by atoms with van der Waals surface area (Å²) in [5.41, 5.74) is 5.40. The van der Waals surface area contributed by atoms with Gasteiger partial charge >= 0.3 is 0 Å². The summed E-state index contributed by atoms with van der Waals surface area (Å²) >= 11 is 0. The highest BCUT2D eigenvalue weighted by Crippen LogP contribution is 2.60. The zero-order chi connectivity index (χ0) is 32.2. The van der Waals surface area contributed by atoms with Crippen LogP contribution in [0.1, 0.15) is 85.6 Å². The number of carbonyl (C=O) groups is 2. The van der Waals surface area contributed by atoms with Gasteiger partial charge in [0.1, 0.15) is 5.75 Å². The molecule has 3 aromatic rings. The van der Waals surface area contributed by atoms with Crippen LogP contribution >= 0.6 is 0 Å². The summed E-state index contributed by atoms with van der Waals surface area (Å²) < 4.78 is 0. The number of piperazine rings is 1. The third-order valence-electron chi connectivity index (χ3n) is 11.2. The zero-order valence-electron chi connectivity index (χ0n) is 27.8. The van der Waals surface area contributed by atoms with Gasteiger partial charge in [-0.1, -0.05) is 26.8 Å². The van der Waals surface area contributed by atoms with Crippen LogP contribution < -0.4 is 4.90 Å². The van der Waals surface area contributed by atoms with Crippen LogP contribution in [-0.4, -0.2) is 71.5 Å². The van der Waals surface area contributed by atoms with E-state index in [4.69, 9.17) is 0 Å². The molecule has 0 atom stereocenters. The van der Waals surface area contributed by atoms with E-state index in [0.29, 0.717) is 24.1 Å². The highest BCUT2D eigenvalue weighted by molar-refractivity contribution is 5.96. The Bertz CT molecular complexity index is 1580. The van der Waals surface area contributed by atoms with Gasteiger partial charge in [-0.2, -0.15) is 0 Å². The van der Waals surface area contributed by atoms with Gasteiger partial charge in [-0.05, 0) is 121 Å². The van der Waals surface area contributed by atoms with Crippen molar-refractivity contribution in [2.24, 2.45) is 23.2 Å². The number of aromatic hydroxyl groups is 1. The number of hydrogen-bond donors (Lipinski definition) is 1. The molecule has 4 aliphatic carbocycles. The molecule has 8 rings (SSSR count). The molecule has 1 N–H and O–H groups in total. The van der Waals surface area contributed by atoms with Gasteiger partial charge in [-0.15, -0.1) is 0 Å². The lowest BCUT2D eigenvalue weighted by Crippen LogP contribution is -2.51. The van der Waals surface area contributed by atoms with Crippen molar-refractivity contribution in [3.8, 4) is 16.9 Å². The van der Waals surface area contributed by atoms with E-state index in [1.807, 2.05) is 41.1 Å². The number of benzene rings is 2. The van der Waals surface area contributed by atoms with Crippen LogP contribution in [0.25, 0.3) is 11.1 Å². The van der Waals surface area contributed by atoms with Crippen molar-refractivity contribution in [1.29, 1.82) is 0 Å². The Morgan fingerprint density at radius 1 is 0.848 bits per heavy atom. The van der Waals surface area contributed by atoms with E-state index in [-0.39, 0.29) is 23.0 Å². The van der Waals surface area contributed by atoms with Crippen molar-refractivity contribution in [2.45, 2.75) is 64.7 Å². The van der Waals surface area contributed by atoms with Crippen LogP contribution in [0.3, 0.4) is 0 Å². The van der Waals surface area contributed by atoms with Gasteiger partial charge in [-0.3, -0.25) is 14.6 Å². The number of nitrogens with zero attached hydrogens (tertiary/aromatic N) is 4. The predicted molar refractivity (Wildman–Crippen MR) is 182 cm³/mol. The SMILES string of the molecule is CN(CC12CC3CC(CC(C3)C1)C2)C(=O)c1ccc(N2CCN(C(=O)c3cc(-c4cncc(O)c4)cc(C(C)(C)C)c3)CC2)cc1. The van der Waals surface area contributed by atoms with Gasteiger partial charge in [0.05, 0.1) is 6.20 Å². The second kappa shape index (κ2) is 11.7. The smallest absolute Gasteiger partial charge is 0.254 e. The molecule has 242 valence electrons. The molecule has 7 heteroatoms. The van der Waals surface area contributed by atoms with Crippen molar-refractivity contribution in [3.05, 3.63) is 77.6 Å². The first kappa shape index (κ1) is 30.8. The number of aromatic nitrogens is 1. The van der Waals surface area contributed by atoms with Crippen LogP contribution in [0.4, 0.5) is 5.69 Å². The quantitative estimate of drug-likeness (QED) is 0.321. The summed E-state index contributed by atoms with van der Waals surface area (Å²) in [5, 5.41) is 10.0. The maximum absolute atomic E-state index is 13.8. The number of anilines is 1. The molecule has 46 heavy (non-hydrogen) atoms. The van der Waals surface area contributed by atoms with E-state index < -0.39 is 0 Å². The maximum atomic E-state index is 13.8. The van der Waals surface area contributed by atoms with E-state index >= 15 is 0 Å². The molecule has 5 aliphatic rings. The van der Waals surface area contributed by atoms with Crippen molar-refractivity contribution in [2.75, 3.05) is 44.7 Å². The number of pyridine rings is 1. The fourth-order valence-corrected chi connectivity index (χ4v) is 9.38. The first-order valence-electron chi connectivity index (χ1n) is 17.1. The molecule has 0 unspecified atom stereocenters. The molecule has 2 heterocycles. The number of amides is 2. The maximum Gasteiger partial charge on any atom is 0.254 e. The summed E-state index contributed by atoms with van der Waals surface area (Å²) in [6.45, 7) is 10.0. The Kier molecular flexibility index (Phi) is 7.85. The standard InChI is InChI=1S/C39H48N4O3/c1-38(2,3)33-17-30(32-19-35(44)24-40-23-32)16-31(18-33)37(46)43-11-9-42(10-12-43)34-7-5-29(6-8-34)36(45)41(4)25-39-20-26-13-27(21-39)15-28(14-26)22-39/h5-8,16-19,23-24,26-28,44H,9-15,20-22,25H2,1-4H3. The summed E-state index contributed by atoms with van der Waals surface area (Å²) in [5.74, 6) is 2.90. The van der Waals surface area contributed by atoms with E-state index in [2.05, 4.69) is 48.9 Å². The number of hydrogen-bond acceptors (Lipinski definition) is 5. The topological polar surface area (TPSA) is 77.0 Å². The molecule has 4 saturated carbocycles. The molecule has 0 radical (unpaired) electrons. The molecule has 2 amide bonds. The number of carbonyl (C=O) groups excluding carboxylic acids is 2. The second-order valence-electron chi connectivity index (χ2n) is 15.9. The molecule has 0 spiro atoms. The largest absolute Gasteiger partial charge is 0.506 e. The van der Waals surface area contributed by atoms with E-state index in [1.54, 1.807) is 12.3 Å². The molecule has 1 saturated heterocycles. The molecule has 7 nitrogen and oxygen atoms in total. The normalized spacial score (nSPS) is 25.5. The van der Waals surface area contributed by atoms with E-state index in [9.17, 15) is 14.7 Å². The predicted octanol–water partition coefficient (Wildman–Crippen LogP) is 7.00. The summed E-state index contributed by atoms with van der Waals surface area (Å²) in [6, 6.07) is 15.8. The van der Waals surface area contributed by atoms with Crippen LogP contribution in [0, 0.1) is 23.2 Å². The molecule has 5 fully saturated rings. The van der Waals surface area contributed by atoms with E-state index in [1.165, 1.54) is 44.7 Å². The average Bonchev–Trinajstić information content (AvgIpc) is 3.03. The number of rotatable bonds is 6. The van der Waals surface area contributed by atoms with Gasteiger partial charge in [-0.25, -0.2) is 0 Å². The van der Waals surface area contributed by atoms with Crippen LogP contribution in [0.5, 0.6) is 5.75 Å². The zero-order valence-corrected chi connectivity index (χ0v) is 27.8. The van der Waals surface area contributed by atoms with Gasteiger partial charge in [0, 0.05) is 68.3 Å². The van der Waals surface area contributed by atoms with Crippen molar-refractivity contribution >= 4 is 17.5 Å². The van der Waals surface area contributed by atoms with Crippen LogP contribution in [-0.2, 0) is 5.41 Å². The Hall–Kier alpha value is -3.87. The van der Waals surface area contributed by atoms with E-state index in [0.717, 1.165) is 65.3 Å². The molecule has 4 bridgehead atoms. The summed E-state index contributed by atoms with van der Waals surface area (Å²) in [6.07, 6.45) is 11.3. The first-order chi connectivity index (χ1) is 21.9. The highest BCUT2D eigenvalue weighted by atomic mass is 16.3. The van der Waals surface area contributed by atoms with Crippen molar-refractivity contribution in [3.63, 3.8) is 0 Å². The summed E-state index contributed by atoms with van der Waals surface area (Å²) in [4.78, 5) is 37.6. The summed E-state index contributed by atoms with van der Waals surface area (Å²) in [7, 11) is 1.99. The Labute approximate surface area is 273 Å². The van der Waals surface area contributed by atoms with Gasteiger partial charge in [0.25, 0.3) is 11.8 Å². The van der Waals surface area contributed by atoms with Gasteiger partial charge < -0.3 is 19.8 Å². The average molecular weight is 621 g/mol. The van der Waals surface area contributed by atoms with Gasteiger partial charge in [0.15, 0.2) is 0 Å². The Morgan fingerprint density at radius 3 is 2.07 bits per heavy atom. The fraction of sp³-hybridized carbons (Fsp3) is 0.513. The lowest BCUT2D eigenvalue weighted by atomic mass is 9.49. The van der Waals surface area contributed by atoms with Crippen molar-refractivity contribution < 1.29 is 14.7 Å². The van der Waals surface area contributed by atoms with Gasteiger partial charge in [0.2, 0.25) is 0 Å². The Morgan fingerprint density at radius 2 is 1.48 bits per heavy atom. The lowest BCUT2D eigenvalue weighted by Gasteiger charge is -2.57. The molecular formula is C39H48N4O3. The fourth-order valence-electron chi connectivity index (χ4n) is 9.38. The molecule has 1 aromatic heterocycles. The van der Waals surface area contributed by atoms with Crippen LogP contribution in [0.2, 0.25) is 0 Å². The first-order valence-corrected chi connectivity index (χ1v) is 17.1. The Balaban J connectivity index is 0.986. The third-order valence-corrected chi connectivity index (χ3v) is 11.2.